The summed E-state index contributed by atoms with van der Waals surface area (Å²) in [5.74, 6) is 4.97. The predicted molar refractivity (Wildman–Crippen MR) is 72.0 cm³/mol. The Morgan fingerprint density at radius 3 is 2.65 bits per heavy atom. The van der Waals surface area contributed by atoms with Crippen molar-refractivity contribution in [3.63, 3.8) is 0 Å². The van der Waals surface area contributed by atoms with Crippen LogP contribution in [0, 0.1) is 10.1 Å². The number of hydrogen-bond acceptors (Lipinski definition) is 7. The van der Waals surface area contributed by atoms with Gasteiger partial charge < -0.3 is 10.2 Å². The summed E-state index contributed by atoms with van der Waals surface area (Å²) in [4.78, 5) is 17.9. The van der Waals surface area contributed by atoms with Crippen molar-refractivity contribution in [1.29, 1.82) is 0 Å². The first-order valence-corrected chi connectivity index (χ1v) is 5.81. The first kappa shape index (κ1) is 13.7. The van der Waals surface area contributed by atoms with E-state index >= 15 is 0 Å². The molecule has 104 valence electrons. The van der Waals surface area contributed by atoms with E-state index in [4.69, 9.17) is 10.6 Å². The summed E-state index contributed by atoms with van der Waals surface area (Å²) in [5, 5.41) is 11.1. The van der Waals surface area contributed by atoms with Gasteiger partial charge in [-0.15, -0.1) is 0 Å². The lowest BCUT2D eigenvalue weighted by Crippen LogP contribution is -2.13. The molecule has 1 unspecified atom stereocenters. The van der Waals surface area contributed by atoms with Crippen LogP contribution in [-0.2, 0) is 0 Å². The van der Waals surface area contributed by atoms with E-state index in [1.165, 1.54) is 0 Å². The Hall–Kier alpha value is -2.74. The summed E-state index contributed by atoms with van der Waals surface area (Å²) in [6, 6.07) is 9.31. The van der Waals surface area contributed by atoms with Crippen molar-refractivity contribution in [3.05, 3.63) is 52.3 Å². The van der Waals surface area contributed by atoms with E-state index in [-0.39, 0.29) is 11.7 Å². The number of nitrogens with zero attached hydrogens (tertiary/aromatic N) is 3. The van der Waals surface area contributed by atoms with Crippen LogP contribution in [0.3, 0.4) is 0 Å². The first-order chi connectivity index (χ1) is 9.63. The fourth-order valence-corrected chi connectivity index (χ4v) is 1.68. The Kier molecular flexibility index (Phi) is 4.06. The number of benzene rings is 1. The van der Waals surface area contributed by atoms with Gasteiger partial charge >= 0.3 is 5.69 Å². The van der Waals surface area contributed by atoms with Crippen molar-refractivity contribution in [1.82, 2.24) is 9.97 Å². The van der Waals surface area contributed by atoms with Crippen LogP contribution >= 0.6 is 0 Å². The molecule has 0 spiro atoms. The molecule has 1 aromatic carbocycles. The summed E-state index contributed by atoms with van der Waals surface area (Å²) in [6.07, 6.45) is 0.755. The van der Waals surface area contributed by atoms with Gasteiger partial charge in [0.1, 0.15) is 12.4 Å². The molecular weight excluding hydrogens is 262 g/mol. The molecular formula is C12H13N5O3. The van der Waals surface area contributed by atoms with Gasteiger partial charge in [-0.1, -0.05) is 30.3 Å². The van der Waals surface area contributed by atoms with Crippen molar-refractivity contribution in [3.8, 4) is 5.88 Å². The predicted octanol–water partition coefficient (Wildman–Crippen LogP) is 1.81. The van der Waals surface area contributed by atoms with Gasteiger partial charge in [-0.3, -0.25) is 10.1 Å². The van der Waals surface area contributed by atoms with Crippen LogP contribution in [0.4, 0.5) is 11.5 Å². The summed E-state index contributed by atoms with van der Waals surface area (Å²) < 4.78 is 5.55. The number of nitrogens with one attached hydrogen (secondary N) is 1. The minimum absolute atomic E-state index is 0.0970. The second kappa shape index (κ2) is 5.93. The van der Waals surface area contributed by atoms with Gasteiger partial charge in [0, 0.05) is 0 Å². The highest BCUT2D eigenvalue weighted by atomic mass is 16.6. The van der Waals surface area contributed by atoms with E-state index in [1.54, 1.807) is 6.92 Å². The van der Waals surface area contributed by atoms with Crippen LogP contribution in [0.2, 0.25) is 0 Å². The van der Waals surface area contributed by atoms with E-state index in [1.807, 2.05) is 30.3 Å². The molecule has 0 radical (unpaired) electrons. The van der Waals surface area contributed by atoms with Crippen LogP contribution in [-0.4, -0.2) is 14.9 Å². The van der Waals surface area contributed by atoms with Crippen LogP contribution in [0.5, 0.6) is 5.88 Å². The Bertz CT molecular complexity index is 605. The number of nitro groups is 1. The molecule has 1 atom stereocenters. The average Bonchev–Trinajstić information content (AvgIpc) is 2.47. The fraction of sp³-hybridized carbons (Fsp3) is 0.167. The lowest BCUT2D eigenvalue weighted by molar-refractivity contribution is -0.385. The molecule has 20 heavy (non-hydrogen) atoms. The maximum Gasteiger partial charge on any atom is 0.374 e. The molecule has 8 heteroatoms. The molecule has 0 bridgehead atoms. The van der Waals surface area contributed by atoms with Gasteiger partial charge in [0.2, 0.25) is 5.82 Å². The summed E-state index contributed by atoms with van der Waals surface area (Å²) >= 11 is 0. The maximum absolute atomic E-state index is 11.1. The Balaban J connectivity index is 2.32. The van der Waals surface area contributed by atoms with Crippen LogP contribution in [0.15, 0.2) is 36.7 Å². The summed E-state index contributed by atoms with van der Waals surface area (Å²) in [7, 11) is 0. The minimum Gasteiger partial charge on any atom is -0.465 e. The van der Waals surface area contributed by atoms with Gasteiger partial charge in [-0.2, -0.15) is 4.98 Å². The third-order valence-electron chi connectivity index (χ3n) is 2.67. The van der Waals surface area contributed by atoms with Crippen molar-refractivity contribution >= 4 is 11.5 Å². The Labute approximate surface area is 114 Å². The molecule has 8 nitrogen and oxygen atoms in total. The first-order valence-electron chi connectivity index (χ1n) is 5.81. The van der Waals surface area contributed by atoms with Gasteiger partial charge in [0.25, 0.3) is 5.88 Å². The van der Waals surface area contributed by atoms with Crippen molar-refractivity contribution in [2.24, 2.45) is 5.84 Å². The zero-order valence-corrected chi connectivity index (χ0v) is 10.7. The molecule has 3 N–H and O–H groups in total. The Morgan fingerprint density at radius 1 is 1.35 bits per heavy atom. The van der Waals surface area contributed by atoms with Gasteiger partial charge in [-0.25, -0.2) is 10.8 Å². The topological polar surface area (TPSA) is 116 Å². The molecule has 0 fully saturated rings. The molecule has 2 rings (SSSR count). The van der Waals surface area contributed by atoms with Crippen molar-refractivity contribution in [2.45, 2.75) is 13.0 Å². The standard InChI is InChI=1S/C12H13N5O3/c1-8(9-5-3-2-4-6-9)20-12-10(17(18)19)11(16-13)14-7-15-12/h2-8H,13H2,1H3,(H,14,15,16). The average molecular weight is 275 g/mol. The second-order valence-electron chi connectivity index (χ2n) is 3.95. The fourth-order valence-electron chi connectivity index (χ4n) is 1.68. The van der Waals surface area contributed by atoms with Crippen LogP contribution in [0.1, 0.15) is 18.6 Å². The molecule has 0 aliphatic carbocycles. The van der Waals surface area contributed by atoms with Gasteiger partial charge in [0.15, 0.2) is 0 Å². The summed E-state index contributed by atoms with van der Waals surface area (Å²) in [6.45, 7) is 1.77. The molecule has 1 heterocycles. The summed E-state index contributed by atoms with van der Waals surface area (Å²) in [5.41, 5.74) is 2.64. The number of aromatic nitrogens is 2. The Morgan fingerprint density at radius 2 is 2.05 bits per heavy atom. The minimum atomic E-state index is -0.637. The number of nitrogens with two attached hydrogens (primary N) is 1. The zero-order chi connectivity index (χ0) is 14.5. The molecule has 0 aliphatic heterocycles. The van der Waals surface area contributed by atoms with Crippen molar-refractivity contribution in [2.75, 3.05) is 5.43 Å². The van der Waals surface area contributed by atoms with E-state index in [2.05, 4.69) is 15.4 Å². The lowest BCUT2D eigenvalue weighted by atomic mass is 10.1. The van der Waals surface area contributed by atoms with E-state index in [0.29, 0.717) is 0 Å². The highest BCUT2D eigenvalue weighted by Crippen LogP contribution is 2.32. The van der Waals surface area contributed by atoms with E-state index in [9.17, 15) is 10.1 Å². The highest BCUT2D eigenvalue weighted by Gasteiger charge is 2.25. The number of rotatable bonds is 5. The number of ether oxygens (including phenoxy) is 1. The van der Waals surface area contributed by atoms with E-state index in [0.717, 1.165) is 11.9 Å². The maximum atomic E-state index is 11.1. The monoisotopic (exact) mass is 275 g/mol. The number of nitrogen functional groups attached to an aromatic ring is 1. The molecule has 0 saturated carbocycles. The lowest BCUT2D eigenvalue weighted by Gasteiger charge is -2.14. The quantitative estimate of drug-likeness (QED) is 0.485. The third kappa shape index (κ3) is 2.81. The molecule has 0 aliphatic rings. The normalized spacial score (nSPS) is 11.7. The largest absolute Gasteiger partial charge is 0.465 e. The number of anilines is 1. The van der Waals surface area contributed by atoms with E-state index < -0.39 is 16.7 Å². The number of hydrazine groups is 1. The zero-order valence-electron chi connectivity index (χ0n) is 10.7. The molecule has 0 saturated heterocycles. The van der Waals surface area contributed by atoms with Gasteiger partial charge in [0.05, 0.1) is 4.92 Å². The van der Waals surface area contributed by atoms with Crippen LogP contribution < -0.4 is 16.0 Å². The second-order valence-corrected chi connectivity index (χ2v) is 3.95. The number of hydrogen-bond donors (Lipinski definition) is 2. The van der Waals surface area contributed by atoms with Gasteiger partial charge in [-0.05, 0) is 12.5 Å². The van der Waals surface area contributed by atoms with Crippen molar-refractivity contribution < 1.29 is 9.66 Å². The molecule has 0 amide bonds. The SMILES string of the molecule is CC(Oc1ncnc(NN)c1[N+](=O)[O-])c1ccccc1. The molecule has 1 aromatic heterocycles. The third-order valence-corrected chi connectivity index (χ3v) is 2.67. The highest BCUT2D eigenvalue weighted by molar-refractivity contribution is 5.60. The molecule has 2 aromatic rings. The smallest absolute Gasteiger partial charge is 0.374 e. The van der Waals surface area contributed by atoms with Crippen LogP contribution in [0.25, 0.3) is 0 Å².